The molecule has 1 rings (SSSR count). The first-order chi connectivity index (χ1) is 6.81. The van der Waals surface area contributed by atoms with Crippen molar-refractivity contribution in [3.63, 3.8) is 0 Å². The van der Waals surface area contributed by atoms with Gasteiger partial charge in [0.25, 0.3) is 0 Å². The zero-order valence-electron chi connectivity index (χ0n) is 9.17. The van der Waals surface area contributed by atoms with E-state index in [1.165, 1.54) is 5.56 Å². The van der Waals surface area contributed by atoms with E-state index in [2.05, 4.69) is 19.1 Å². The molecular formula is C12H18O2. The molecule has 0 unspecified atom stereocenters. The first-order valence-corrected chi connectivity index (χ1v) is 5.20. The second kappa shape index (κ2) is 5.53. The zero-order chi connectivity index (χ0) is 10.4. The Bertz CT molecular complexity index is 282. The third kappa shape index (κ3) is 2.66. The molecule has 0 saturated heterocycles. The normalized spacial score (nSPS) is 9.93. The topological polar surface area (TPSA) is 18.5 Å². The van der Waals surface area contributed by atoms with Crippen molar-refractivity contribution < 1.29 is 9.47 Å². The quantitative estimate of drug-likeness (QED) is 0.717. The minimum absolute atomic E-state index is 0.672. The van der Waals surface area contributed by atoms with E-state index in [1.54, 1.807) is 0 Å². The van der Waals surface area contributed by atoms with Crippen LogP contribution in [0.25, 0.3) is 0 Å². The molecule has 0 heterocycles. The highest BCUT2D eigenvalue weighted by atomic mass is 16.5. The van der Waals surface area contributed by atoms with E-state index in [0.717, 1.165) is 17.9 Å². The van der Waals surface area contributed by atoms with Crippen LogP contribution in [0.5, 0.6) is 11.5 Å². The van der Waals surface area contributed by atoms with Gasteiger partial charge in [0.2, 0.25) is 0 Å². The predicted octanol–water partition coefficient (Wildman–Crippen LogP) is 3.05. The predicted molar refractivity (Wildman–Crippen MR) is 58.2 cm³/mol. The fourth-order valence-electron chi connectivity index (χ4n) is 1.32. The highest BCUT2D eigenvalue weighted by Gasteiger charge is 2.04. The summed E-state index contributed by atoms with van der Waals surface area (Å²) < 4.78 is 11.0. The van der Waals surface area contributed by atoms with Crippen molar-refractivity contribution in [2.45, 2.75) is 27.2 Å². The van der Waals surface area contributed by atoms with Crippen molar-refractivity contribution in [2.24, 2.45) is 0 Å². The number of hydrogen-bond donors (Lipinski definition) is 0. The lowest BCUT2D eigenvalue weighted by molar-refractivity contribution is 0.287. The second-order valence-electron chi connectivity index (χ2n) is 3.00. The Kier molecular flexibility index (Phi) is 4.30. The Morgan fingerprint density at radius 1 is 0.929 bits per heavy atom. The molecule has 0 aliphatic rings. The van der Waals surface area contributed by atoms with Crippen molar-refractivity contribution in [3.8, 4) is 11.5 Å². The molecule has 0 saturated carbocycles. The van der Waals surface area contributed by atoms with Gasteiger partial charge in [0.05, 0.1) is 13.2 Å². The Morgan fingerprint density at radius 2 is 1.57 bits per heavy atom. The van der Waals surface area contributed by atoms with Crippen LogP contribution < -0.4 is 9.47 Å². The molecule has 0 amide bonds. The van der Waals surface area contributed by atoms with Gasteiger partial charge < -0.3 is 9.47 Å². The lowest BCUT2D eigenvalue weighted by atomic mass is 10.1. The molecule has 0 radical (unpaired) electrons. The van der Waals surface area contributed by atoms with Gasteiger partial charge in [0, 0.05) is 0 Å². The van der Waals surface area contributed by atoms with Gasteiger partial charge in [-0.25, -0.2) is 0 Å². The van der Waals surface area contributed by atoms with E-state index >= 15 is 0 Å². The molecule has 0 N–H and O–H groups in total. The molecule has 0 fully saturated rings. The first kappa shape index (κ1) is 10.9. The third-order valence-electron chi connectivity index (χ3n) is 2.02. The van der Waals surface area contributed by atoms with Gasteiger partial charge in [-0.15, -0.1) is 0 Å². The molecule has 78 valence electrons. The number of hydrogen-bond acceptors (Lipinski definition) is 2. The molecule has 0 bridgehead atoms. The average Bonchev–Trinajstić information content (AvgIpc) is 2.21. The fourth-order valence-corrected chi connectivity index (χ4v) is 1.32. The van der Waals surface area contributed by atoms with Crippen LogP contribution in [0, 0.1) is 0 Å². The standard InChI is InChI=1S/C12H18O2/c1-4-10-7-8-11(13-5-2)12(9-10)14-6-3/h7-9H,4-6H2,1-3H3. The van der Waals surface area contributed by atoms with E-state index in [9.17, 15) is 0 Å². The maximum Gasteiger partial charge on any atom is 0.161 e. The van der Waals surface area contributed by atoms with Gasteiger partial charge in [-0.3, -0.25) is 0 Å². The van der Waals surface area contributed by atoms with Crippen LogP contribution in [0.15, 0.2) is 18.2 Å². The molecular weight excluding hydrogens is 176 g/mol. The zero-order valence-corrected chi connectivity index (χ0v) is 9.17. The van der Waals surface area contributed by atoms with Crippen molar-refractivity contribution in [3.05, 3.63) is 23.8 Å². The summed E-state index contributed by atoms with van der Waals surface area (Å²) >= 11 is 0. The minimum atomic E-state index is 0.672. The highest BCUT2D eigenvalue weighted by molar-refractivity contribution is 5.43. The fraction of sp³-hybridized carbons (Fsp3) is 0.500. The van der Waals surface area contributed by atoms with E-state index in [4.69, 9.17) is 9.47 Å². The van der Waals surface area contributed by atoms with Crippen LogP contribution in [0.4, 0.5) is 0 Å². The van der Waals surface area contributed by atoms with Gasteiger partial charge in [0.15, 0.2) is 11.5 Å². The average molecular weight is 194 g/mol. The Labute approximate surface area is 85.8 Å². The molecule has 0 aliphatic heterocycles. The lowest BCUT2D eigenvalue weighted by Crippen LogP contribution is -1.98. The largest absolute Gasteiger partial charge is 0.490 e. The summed E-state index contributed by atoms with van der Waals surface area (Å²) in [4.78, 5) is 0. The van der Waals surface area contributed by atoms with E-state index in [-0.39, 0.29) is 0 Å². The van der Waals surface area contributed by atoms with Gasteiger partial charge in [-0.1, -0.05) is 13.0 Å². The van der Waals surface area contributed by atoms with E-state index in [0.29, 0.717) is 13.2 Å². The molecule has 0 atom stereocenters. The van der Waals surface area contributed by atoms with Crippen LogP contribution in [0.1, 0.15) is 26.3 Å². The summed E-state index contributed by atoms with van der Waals surface area (Å²) in [5.74, 6) is 1.69. The summed E-state index contributed by atoms with van der Waals surface area (Å²) in [5.41, 5.74) is 1.27. The van der Waals surface area contributed by atoms with Crippen molar-refractivity contribution in [1.82, 2.24) is 0 Å². The number of aryl methyl sites for hydroxylation is 1. The van der Waals surface area contributed by atoms with Crippen LogP contribution in [0.3, 0.4) is 0 Å². The Hall–Kier alpha value is -1.18. The van der Waals surface area contributed by atoms with Crippen molar-refractivity contribution in [1.29, 1.82) is 0 Å². The van der Waals surface area contributed by atoms with Gasteiger partial charge >= 0.3 is 0 Å². The highest BCUT2D eigenvalue weighted by Crippen LogP contribution is 2.28. The lowest BCUT2D eigenvalue weighted by Gasteiger charge is -2.11. The summed E-state index contributed by atoms with van der Waals surface area (Å²) in [5, 5.41) is 0. The van der Waals surface area contributed by atoms with E-state index < -0.39 is 0 Å². The number of benzene rings is 1. The molecule has 1 aromatic carbocycles. The van der Waals surface area contributed by atoms with Crippen molar-refractivity contribution >= 4 is 0 Å². The molecule has 2 heteroatoms. The summed E-state index contributed by atoms with van der Waals surface area (Å²) in [7, 11) is 0. The smallest absolute Gasteiger partial charge is 0.161 e. The second-order valence-corrected chi connectivity index (χ2v) is 3.00. The summed E-state index contributed by atoms with van der Waals surface area (Å²) in [6.07, 6.45) is 1.02. The minimum Gasteiger partial charge on any atom is -0.490 e. The molecule has 0 spiro atoms. The van der Waals surface area contributed by atoms with Crippen LogP contribution in [0.2, 0.25) is 0 Å². The molecule has 1 aromatic rings. The molecule has 2 nitrogen and oxygen atoms in total. The van der Waals surface area contributed by atoms with E-state index in [1.807, 2.05) is 19.9 Å². The SMILES string of the molecule is CCOc1ccc(CC)cc1OCC. The van der Waals surface area contributed by atoms with Crippen molar-refractivity contribution in [2.75, 3.05) is 13.2 Å². The maximum absolute atomic E-state index is 5.51. The Morgan fingerprint density at radius 3 is 2.14 bits per heavy atom. The Balaban J connectivity index is 2.91. The van der Waals surface area contributed by atoms with Gasteiger partial charge in [-0.05, 0) is 38.0 Å². The number of rotatable bonds is 5. The summed E-state index contributed by atoms with van der Waals surface area (Å²) in [6, 6.07) is 6.11. The number of ether oxygens (including phenoxy) is 2. The van der Waals surface area contributed by atoms with Gasteiger partial charge in [0.1, 0.15) is 0 Å². The van der Waals surface area contributed by atoms with Crippen LogP contribution in [-0.4, -0.2) is 13.2 Å². The molecule has 14 heavy (non-hydrogen) atoms. The van der Waals surface area contributed by atoms with Gasteiger partial charge in [-0.2, -0.15) is 0 Å². The maximum atomic E-state index is 5.51. The van der Waals surface area contributed by atoms with Crippen LogP contribution in [-0.2, 0) is 6.42 Å². The van der Waals surface area contributed by atoms with Crippen LogP contribution >= 0.6 is 0 Å². The molecule has 0 aliphatic carbocycles. The monoisotopic (exact) mass is 194 g/mol. The molecule has 0 aromatic heterocycles. The third-order valence-corrected chi connectivity index (χ3v) is 2.02. The first-order valence-electron chi connectivity index (χ1n) is 5.20. The summed E-state index contributed by atoms with van der Waals surface area (Å²) in [6.45, 7) is 7.43.